The summed E-state index contributed by atoms with van der Waals surface area (Å²) >= 11 is 0. The van der Waals surface area contributed by atoms with Crippen molar-refractivity contribution in [1.82, 2.24) is 4.90 Å². The minimum absolute atomic E-state index is 0.0770. The van der Waals surface area contributed by atoms with Crippen molar-refractivity contribution in [3.05, 3.63) is 35.9 Å². The Morgan fingerprint density at radius 2 is 1.74 bits per heavy atom. The zero-order chi connectivity index (χ0) is 28.4. The van der Waals surface area contributed by atoms with Crippen molar-refractivity contribution in [3.8, 4) is 0 Å². The van der Waals surface area contributed by atoms with Crippen LogP contribution in [0.4, 0.5) is 0 Å². The van der Waals surface area contributed by atoms with Crippen molar-refractivity contribution < 1.29 is 33.3 Å². The van der Waals surface area contributed by atoms with E-state index in [2.05, 4.69) is 0 Å². The van der Waals surface area contributed by atoms with Gasteiger partial charge in [-0.1, -0.05) is 83.2 Å². The molecule has 0 radical (unpaired) electrons. The molecule has 39 heavy (non-hydrogen) atoms. The van der Waals surface area contributed by atoms with Crippen LogP contribution in [0, 0.1) is 17.8 Å². The largest absolute Gasteiger partial charge is 0.480 e. The minimum Gasteiger partial charge on any atom is -0.480 e. The first kappa shape index (κ1) is 31.3. The third-order valence-corrected chi connectivity index (χ3v) is 10.4. The van der Waals surface area contributed by atoms with Gasteiger partial charge in [-0.2, -0.15) is 0 Å². The van der Waals surface area contributed by atoms with Crippen molar-refractivity contribution in [2.75, 3.05) is 18.9 Å². The Hall–Kier alpha value is -2.18. The van der Waals surface area contributed by atoms with Gasteiger partial charge in [0.1, 0.15) is 12.2 Å². The minimum atomic E-state index is -3.60. The Morgan fingerprint density at radius 1 is 1.05 bits per heavy atom. The molecule has 2 aliphatic rings. The number of carboxylic acid groups (broad SMARTS) is 1. The molecule has 4 atom stereocenters. The Bertz CT molecular complexity index is 992. The predicted molar refractivity (Wildman–Crippen MR) is 151 cm³/mol. The van der Waals surface area contributed by atoms with E-state index in [0.29, 0.717) is 25.3 Å². The fourth-order valence-electron chi connectivity index (χ4n) is 5.94. The van der Waals surface area contributed by atoms with Crippen LogP contribution in [0.5, 0.6) is 0 Å². The quantitative estimate of drug-likeness (QED) is 0.126. The highest BCUT2D eigenvalue weighted by Crippen LogP contribution is 2.51. The molecule has 3 rings (SSSR count). The number of aryl methyl sites for hydroxylation is 1. The number of hydrogen-bond acceptors (Lipinski definition) is 6. The predicted octanol–water partition coefficient (Wildman–Crippen LogP) is 6.12. The van der Waals surface area contributed by atoms with Crippen LogP contribution in [0.15, 0.2) is 30.3 Å². The number of hydrogen-bond donors (Lipinski definition) is 1. The monoisotopic (exact) mass is 563 g/mol. The van der Waals surface area contributed by atoms with Crippen LogP contribution in [-0.4, -0.2) is 59.1 Å². The Morgan fingerprint density at radius 3 is 2.36 bits per heavy atom. The molecule has 0 aromatic heterocycles. The van der Waals surface area contributed by atoms with Crippen molar-refractivity contribution >= 4 is 25.2 Å². The number of carbonyl (C=O) groups is 3. The molecule has 2 unspecified atom stereocenters. The molecule has 1 aromatic carbocycles. The van der Waals surface area contributed by atoms with E-state index >= 15 is 0 Å². The van der Waals surface area contributed by atoms with E-state index in [9.17, 15) is 24.1 Å². The van der Waals surface area contributed by atoms with Gasteiger partial charge in [-0.05, 0) is 43.1 Å². The summed E-state index contributed by atoms with van der Waals surface area (Å²) < 4.78 is 25.7. The summed E-state index contributed by atoms with van der Waals surface area (Å²) in [7, 11) is -3.60. The zero-order valence-corrected chi connectivity index (χ0v) is 24.7. The molecule has 2 fully saturated rings. The topological polar surface area (TPSA) is 110 Å². The summed E-state index contributed by atoms with van der Waals surface area (Å²) in [5.41, 5.74) is 1.18. The van der Waals surface area contributed by atoms with Crippen LogP contribution in [0.1, 0.15) is 84.1 Å². The van der Waals surface area contributed by atoms with Crippen molar-refractivity contribution in [1.29, 1.82) is 0 Å². The highest BCUT2D eigenvalue weighted by Gasteiger charge is 2.46. The molecule has 218 valence electrons. The number of nitrogens with zero attached hydrogens (tertiary/aromatic N) is 1. The lowest BCUT2D eigenvalue weighted by atomic mass is 9.76. The van der Waals surface area contributed by atoms with Crippen molar-refractivity contribution in [2.45, 2.75) is 97.3 Å². The van der Waals surface area contributed by atoms with Gasteiger partial charge >= 0.3 is 11.9 Å². The molecule has 1 aliphatic carbocycles. The van der Waals surface area contributed by atoms with Gasteiger partial charge in [0.15, 0.2) is 0 Å². The summed E-state index contributed by atoms with van der Waals surface area (Å²) in [4.78, 5) is 39.4. The van der Waals surface area contributed by atoms with Gasteiger partial charge in [0.05, 0.1) is 0 Å². The van der Waals surface area contributed by atoms with Crippen LogP contribution in [0.25, 0.3) is 0 Å². The second-order valence-corrected chi connectivity index (χ2v) is 14.0. The molecule has 8 nitrogen and oxygen atoms in total. The molecule has 1 aliphatic heterocycles. The second kappa shape index (κ2) is 15.0. The molecule has 1 heterocycles. The number of carbonyl (C=O) groups excluding carboxylic acids is 2. The lowest BCUT2D eigenvalue weighted by Crippen LogP contribution is -2.46. The fraction of sp³-hybridized carbons (Fsp3) is 0.700. The van der Waals surface area contributed by atoms with Gasteiger partial charge in [-0.15, -0.1) is 0 Å². The summed E-state index contributed by atoms with van der Waals surface area (Å²) in [6, 6.07) is 9.11. The van der Waals surface area contributed by atoms with Crippen LogP contribution in [0.2, 0.25) is 0 Å². The van der Waals surface area contributed by atoms with E-state index in [4.69, 9.17) is 9.26 Å². The number of carboxylic acids is 1. The number of benzene rings is 1. The van der Waals surface area contributed by atoms with E-state index in [1.807, 2.05) is 44.2 Å². The SMILES string of the molecule is CCC(=O)OC(OP(=O)(CCCCc1ccccc1)CC(=O)N1CC[C@@H](C2CCCCC2)[C@@H]1C(=O)O)C(C)C. The molecule has 1 N–H and O–H groups in total. The van der Waals surface area contributed by atoms with Crippen LogP contribution in [-0.2, 0) is 34.6 Å². The Balaban J connectivity index is 1.73. The standard InChI is InChI=1S/C30H46NO7P/c1-4-27(33)37-30(22(2)3)38-39(36,20-12-11-15-23-13-7-5-8-14-23)21-26(32)31-19-18-25(28(31)29(34)35)24-16-9-6-10-17-24/h5,7-8,13-14,22,24-25,28,30H,4,6,9-12,15-21H2,1-3H3,(H,34,35)/t25-,28+,30?,39?/m0/s1. The van der Waals surface area contributed by atoms with Crippen molar-refractivity contribution in [3.63, 3.8) is 0 Å². The average molecular weight is 564 g/mol. The maximum atomic E-state index is 14.2. The first-order valence-corrected chi connectivity index (χ1v) is 16.6. The van der Waals surface area contributed by atoms with E-state index in [1.165, 1.54) is 16.9 Å². The number of ether oxygens (including phenoxy) is 1. The summed E-state index contributed by atoms with van der Waals surface area (Å²) in [5.74, 6) is -1.94. The summed E-state index contributed by atoms with van der Waals surface area (Å²) in [6.45, 7) is 5.65. The van der Waals surface area contributed by atoms with Crippen LogP contribution < -0.4 is 0 Å². The Kier molecular flexibility index (Phi) is 12.1. The maximum Gasteiger partial charge on any atom is 0.326 e. The number of esters is 1. The van der Waals surface area contributed by atoms with Gasteiger partial charge in [0.25, 0.3) is 0 Å². The second-order valence-electron chi connectivity index (χ2n) is 11.4. The van der Waals surface area contributed by atoms with Crippen molar-refractivity contribution in [2.24, 2.45) is 17.8 Å². The summed E-state index contributed by atoms with van der Waals surface area (Å²) in [5, 5.41) is 10.1. The Labute approximate surface area is 233 Å². The molecule has 0 bridgehead atoms. The van der Waals surface area contributed by atoms with E-state index < -0.39 is 37.5 Å². The molecule has 1 saturated carbocycles. The number of amides is 1. The molecular weight excluding hydrogens is 517 g/mol. The first-order valence-electron chi connectivity index (χ1n) is 14.7. The van der Waals surface area contributed by atoms with Crippen LogP contribution in [0.3, 0.4) is 0 Å². The summed E-state index contributed by atoms with van der Waals surface area (Å²) in [6.07, 6.45) is 7.06. The molecule has 1 amide bonds. The van der Waals surface area contributed by atoms with Gasteiger partial charge in [0.2, 0.25) is 19.6 Å². The molecule has 1 aromatic rings. The third kappa shape index (κ3) is 9.18. The number of likely N-dealkylation sites (tertiary alicyclic amines) is 1. The third-order valence-electron chi connectivity index (χ3n) is 8.08. The number of rotatable bonds is 14. The van der Waals surface area contributed by atoms with E-state index in [0.717, 1.165) is 38.5 Å². The lowest BCUT2D eigenvalue weighted by molar-refractivity contribution is -0.169. The average Bonchev–Trinajstić information content (AvgIpc) is 3.38. The van der Waals surface area contributed by atoms with E-state index in [-0.39, 0.29) is 30.6 Å². The van der Waals surface area contributed by atoms with Gasteiger partial charge in [-0.3, -0.25) is 18.7 Å². The van der Waals surface area contributed by atoms with Gasteiger partial charge in [0, 0.05) is 25.0 Å². The first-order chi connectivity index (χ1) is 18.6. The normalized spacial score (nSPS) is 22.4. The highest BCUT2D eigenvalue weighted by atomic mass is 31.2. The molecular formula is C30H46NO7P. The maximum absolute atomic E-state index is 14.2. The molecule has 0 spiro atoms. The van der Waals surface area contributed by atoms with Crippen LogP contribution >= 0.6 is 7.37 Å². The van der Waals surface area contributed by atoms with E-state index in [1.54, 1.807) is 6.92 Å². The molecule has 1 saturated heterocycles. The van der Waals surface area contributed by atoms with Gasteiger partial charge in [-0.25, -0.2) is 4.79 Å². The zero-order valence-electron chi connectivity index (χ0n) is 23.8. The highest BCUT2D eigenvalue weighted by molar-refractivity contribution is 7.59. The lowest BCUT2D eigenvalue weighted by Gasteiger charge is -2.33. The smallest absolute Gasteiger partial charge is 0.326 e. The number of unbranched alkanes of at least 4 members (excludes halogenated alkanes) is 1. The fourth-order valence-corrected chi connectivity index (χ4v) is 8.24. The molecule has 9 heteroatoms. The number of aliphatic carboxylic acids is 1. The van der Waals surface area contributed by atoms with Gasteiger partial charge < -0.3 is 14.7 Å².